The average Bonchev–Trinajstić information content (AvgIpc) is 3.56. The van der Waals surface area contributed by atoms with Crippen LogP contribution in [0, 0.1) is 18.8 Å². The molecule has 200 valence electrons. The first kappa shape index (κ1) is 26.3. The Labute approximate surface area is 222 Å². The highest BCUT2D eigenvalue weighted by Gasteiger charge is 2.36. The van der Waals surface area contributed by atoms with Crippen molar-refractivity contribution in [3.8, 4) is 11.3 Å². The number of aromatic nitrogens is 1. The molecule has 2 saturated carbocycles. The molecule has 2 amide bonds. The minimum Gasteiger partial charge on any atom is -0.378 e. The first-order valence-corrected chi connectivity index (χ1v) is 14.4. The Bertz CT molecular complexity index is 1120. The van der Waals surface area contributed by atoms with Crippen LogP contribution >= 0.6 is 11.3 Å². The number of anilines is 2. The Morgan fingerprint density at radius 2 is 2.05 bits per heavy atom. The molecule has 3 N–H and O–H groups in total. The minimum absolute atomic E-state index is 0.0143. The maximum atomic E-state index is 12.8. The predicted molar refractivity (Wildman–Crippen MR) is 146 cm³/mol. The predicted octanol–water partition coefficient (Wildman–Crippen LogP) is 4.30. The zero-order chi connectivity index (χ0) is 25.8. The van der Waals surface area contributed by atoms with Gasteiger partial charge in [0.05, 0.1) is 31.6 Å². The van der Waals surface area contributed by atoms with Gasteiger partial charge in [-0.1, -0.05) is 12.5 Å². The van der Waals surface area contributed by atoms with Gasteiger partial charge in [0.25, 0.3) is 0 Å². The van der Waals surface area contributed by atoms with Crippen LogP contribution in [0.15, 0.2) is 18.2 Å². The van der Waals surface area contributed by atoms with Crippen molar-refractivity contribution in [2.75, 3.05) is 43.1 Å². The Morgan fingerprint density at radius 1 is 1.19 bits per heavy atom. The lowest BCUT2D eigenvalue weighted by Crippen LogP contribution is -2.30. The van der Waals surface area contributed by atoms with Crippen molar-refractivity contribution in [1.29, 1.82) is 0 Å². The van der Waals surface area contributed by atoms with Crippen molar-refractivity contribution in [3.63, 3.8) is 0 Å². The lowest BCUT2D eigenvalue weighted by molar-refractivity contribution is -0.120. The number of nitrogens with zero attached hydrogens (tertiary/aromatic N) is 2. The van der Waals surface area contributed by atoms with Crippen LogP contribution in [0.2, 0.25) is 0 Å². The summed E-state index contributed by atoms with van der Waals surface area (Å²) in [6.07, 6.45) is 7.67. The first-order valence-electron chi connectivity index (χ1n) is 13.6. The van der Waals surface area contributed by atoms with Gasteiger partial charge in [-0.25, -0.2) is 4.98 Å². The standard InChI is InChI=1S/C28H38N4O4S/c1-18-26(22-7-8-24-21(17-22)9-11-32(24)27(34)20-5-6-20)31-28(37-18)30-25(33)16-19-3-2-4-23(15-19)36-14-13-35-12-10-29/h7-8,17,19-20,23H,2-6,9-16,29H2,1H3,(H,30,31,33)/t19-,23+/m1/s1. The summed E-state index contributed by atoms with van der Waals surface area (Å²) in [5, 5.41) is 3.68. The molecular formula is C28H38N4O4S. The van der Waals surface area contributed by atoms with Crippen molar-refractivity contribution >= 4 is 34.0 Å². The molecule has 37 heavy (non-hydrogen) atoms. The molecule has 1 aromatic carbocycles. The van der Waals surface area contributed by atoms with Crippen LogP contribution in [0.1, 0.15) is 55.4 Å². The van der Waals surface area contributed by atoms with E-state index in [0.717, 1.165) is 73.3 Å². The van der Waals surface area contributed by atoms with E-state index < -0.39 is 0 Å². The Kier molecular flexibility index (Phi) is 8.54. The van der Waals surface area contributed by atoms with E-state index in [2.05, 4.69) is 17.4 Å². The Morgan fingerprint density at radius 3 is 2.86 bits per heavy atom. The fourth-order valence-corrected chi connectivity index (χ4v) is 6.37. The summed E-state index contributed by atoms with van der Waals surface area (Å²) >= 11 is 1.51. The summed E-state index contributed by atoms with van der Waals surface area (Å²) in [7, 11) is 0. The molecule has 0 saturated heterocycles. The van der Waals surface area contributed by atoms with Gasteiger partial charge < -0.3 is 25.4 Å². The maximum absolute atomic E-state index is 12.8. The molecule has 1 aliphatic heterocycles. The molecule has 0 spiro atoms. The number of carbonyl (C=O) groups is 2. The van der Waals surface area contributed by atoms with E-state index in [4.69, 9.17) is 20.2 Å². The lowest BCUT2D eigenvalue weighted by atomic mass is 9.85. The van der Waals surface area contributed by atoms with Crippen molar-refractivity contribution in [2.45, 2.75) is 64.4 Å². The number of carbonyl (C=O) groups excluding carboxylic acids is 2. The second-order valence-corrected chi connectivity index (χ2v) is 11.7. The lowest BCUT2D eigenvalue weighted by Gasteiger charge is -2.28. The SMILES string of the molecule is Cc1sc(NC(=O)C[C@@H]2CCC[C@H](OCCOCCN)C2)nc1-c1ccc2c(c1)CCN2C(=O)C1CC1. The van der Waals surface area contributed by atoms with Crippen LogP contribution in [-0.4, -0.2) is 55.8 Å². The number of ether oxygens (including phenoxy) is 2. The zero-order valence-electron chi connectivity index (χ0n) is 21.7. The summed E-state index contributed by atoms with van der Waals surface area (Å²) in [6.45, 7) is 5.02. The van der Waals surface area contributed by atoms with Gasteiger partial charge in [0.15, 0.2) is 5.13 Å². The fraction of sp³-hybridized carbons (Fsp3) is 0.607. The van der Waals surface area contributed by atoms with E-state index in [0.29, 0.717) is 43.8 Å². The molecule has 2 heterocycles. The van der Waals surface area contributed by atoms with Crippen molar-refractivity contribution in [3.05, 3.63) is 28.6 Å². The molecule has 3 aliphatic rings. The number of rotatable bonds is 11. The normalized spacial score (nSPS) is 21.2. The van der Waals surface area contributed by atoms with Crippen LogP contribution in [0.5, 0.6) is 0 Å². The minimum atomic E-state index is 0.0143. The van der Waals surface area contributed by atoms with Gasteiger partial charge in [0.2, 0.25) is 11.8 Å². The van der Waals surface area contributed by atoms with Crippen LogP contribution in [0.4, 0.5) is 10.8 Å². The zero-order valence-corrected chi connectivity index (χ0v) is 22.5. The smallest absolute Gasteiger partial charge is 0.230 e. The van der Waals surface area contributed by atoms with Crippen LogP contribution in [0.3, 0.4) is 0 Å². The highest BCUT2D eigenvalue weighted by Crippen LogP contribution is 2.39. The number of aryl methyl sites for hydroxylation is 1. The molecule has 0 radical (unpaired) electrons. The summed E-state index contributed by atoms with van der Waals surface area (Å²) in [5.41, 5.74) is 9.62. The Hall–Kier alpha value is -2.33. The summed E-state index contributed by atoms with van der Waals surface area (Å²) < 4.78 is 11.4. The number of fused-ring (bicyclic) bond motifs is 1. The molecule has 2 aromatic rings. The van der Waals surface area contributed by atoms with Crippen molar-refractivity contribution < 1.29 is 19.1 Å². The molecule has 0 unspecified atom stereocenters. The van der Waals surface area contributed by atoms with Crippen LogP contribution in [-0.2, 0) is 25.5 Å². The molecule has 9 heteroatoms. The fourth-order valence-electron chi connectivity index (χ4n) is 5.52. The molecule has 5 rings (SSSR count). The Balaban J connectivity index is 1.14. The van der Waals surface area contributed by atoms with Gasteiger partial charge >= 0.3 is 0 Å². The largest absolute Gasteiger partial charge is 0.378 e. The highest BCUT2D eigenvalue weighted by atomic mass is 32.1. The second kappa shape index (κ2) is 12.0. The number of nitrogens with one attached hydrogen (secondary N) is 1. The van der Waals surface area contributed by atoms with E-state index in [1.807, 2.05) is 17.9 Å². The quantitative estimate of drug-likeness (QED) is 0.423. The first-order chi connectivity index (χ1) is 18.0. The topological polar surface area (TPSA) is 107 Å². The van der Waals surface area contributed by atoms with E-state index in [-0.39, 0.29) is 23.8 Å². The molecule has 2 fully saturated rings. The third kappa shape index (κ3) is 6.57. The summed E-state index contributed by atoms with van der Waals surface area (Å²) in [5.74, 6) is 0.835. The van der Waals surface area contributed by atoms with E-state index in [1.165, 1.54) is 16.9 Å². The molecule has 2 aliphatic carbocycles. The van der Waals surface area contributed by atoms with Crippen LogP contribution in [0.25, 0.3) is 11.3 Å². The van der Waals surface area contributed by atoms with E-state index in [1.54, 1.807) is 0 Å². The third-order valence-corrected chi connectivity index (χ3v) is 8.42. The maximum Gasteiger partial charge on any atom is 0.230 e. The number of amides is 2. The molecule has 8 nitrogen and oxygen atoms in total. The van der Waals surface area contributed by atoms with Gasteiger partial charge in [-0.3, -0.25) is 9.59 Å². The molecule has 0 bridgehead atoms. The van der Waals surface area contributed by atoms with Crippen LogP contribution < -0.4 is 16.0 Å². The molecule has 2 atom stereocenters. The van der Waals surface area contributed by atoms with E-state index >= 15 is 0 Å². The number of thiazole rings is 1. The number of nitrogens with two attached hydrogens (primary N) is 1. The van der Waals surface area contributed by atoms with Gasteiger partial charge in [0, 0.05) is 41.6 Å². The number of hydrogen-bond donors (Lipinski definition) is 2. The highest BCUT2D eigenvalue weighted by molar-refractivity contribution is 7.16. The summed E-state index contributed by atoms with van der Waals surface area (Å²) in [6, 6.07) is 6.27. The number of hydrogen-bond acceptors (Lipinski definition) is 7. The third-order valence-electron chi connectivity index (χ3n) is 7.54. The van der Waals surface area contributed by atoms with E-state index in [9.17, 15) is 9.59 Å². The second-order valence-electron chi connectivity index (χ2n) is 10.5. The number of benzene rings is 1. The monoisotopic (exact) mass is 526 g/mol. The summed E-state index contributed by atoms with van der Waals surface area (Å²) in [4.78, 5) is 33.2. The molecular weight excluding hydrogens is 488 g/mol. The van der Waals surface area contributed by atoms with Crippen molar-refractivity contribution in [1.82, 2.24) is 4.98 Å². The van der Waals surface area contributed by atoms with Crippen molar-refractivity contribution in [2.24, 2.45) is 17.6 Å². The van der Waals surface area contributed by atoms with Gasteiger partial charge in [-0.15, -0.1) is 11.3 Å². The molecule has 1 aromatic heterocycles. The van der Waals surface area contributed by atoms with Gasteiger partial charge in [-0.05, 0) is 69.1 Å². The van der Waals surface area contributed by atoms with Gasteiger partial charge in [0.1, 0.15) is 0 Å². The average molecular weight is 527 g/mol. The van der Waals surface area contributed by atoms with Gasteiger partial charge in [-0.2, -0.15) is 0 Å².